The Balaban J connectivity index is 1.62. The van der Waals surface area contributed by atoms with E-state index in [9.17, 15) is 9.59 Å². The minimum absolute atomic E-state index is 0.133. The first-order valence-corrected chi connectivity index (χ1v) is 11.1. The molecule has 0 unspecified atom stereocenters. The first-order valence-electron chi connectivity index (χ1n) is 10.1. The van der Waals surface area contributed by atoms with Gasteiger partial charge in [-0.25, -0.2) is 4.98 Å². The summed E-state index contributed by atoms with van der Waals surface area (Å²) in [4.78, 5) is 33.4. The first-order chi connectivity index (χ1) is 15.0. The van der Waals surface area contributed by atoms with Crippen LogP contribution in [0, 0.1) is 13.8 Å². The van der Waals surface area contributed by atoms with Gasteiger partial charge >= 0.3 is 0 Å². The number of nitrogens with one attached hydrogen (secondary N) is 2. The molecule has 2 aromatic carbocycles. The summed E-state index contributed by atoms with van der Waals surface area (Å²) in [7, 11) is 0. The van der Waals surface area contributed by atoms with Gasteiger partial charge in [0.15, 0.2) is 5.16 Å². The molecule has 2 heterocycles. The number of H-pyrrole nitrogens is 1. The first kappa shape index (κ1) is 20.9. The molecule has 0 aliphatic rings. The fraction of sp³-hybridized carbons (Fsp3) is 0.208. The molecule has 6 nitrogen and oxygen atoms in total. The summed E-state index contributed by atoms with van der Waals surface area (Å²) < 4.78 is 1.60. The van der Waals surface area contributed by atoms with Gasteiger partial charge in [-0.15, -0.1) is 0 Å². The summed E-state index contributed by atoms with van der Waals surface area (Å²) in [5, 5.41) is 3.47. The normalized spacial score (nSPS) is 11.1. The SMILES string of the molecule is CCn1c(SCC(=O)Nc2cc(C)cc(C)c2)nc2c(-c3ccccc3)c[nH]c2c1=O. The van der Waals surface area contributed by atoms with Crippen LogP contribution in [0.1, 0.15) is 18.1 Å². The molecule has 0 saturated carbocycles. The highest BCUT2D eigenvalue weighted by Gasteiger charge is 2.17. The monoisotopic (exact) mass is 432 g/mol. The number of anilines is 1. The lowest BCUT2D eigenvalue weighted by molar-refractivity contribution is -0.113. The molecule has 0 spiro atoms. The van der Waals surface area contributed by atoms with Crippen molar-refractivity contribution >= 4 is 34.4 Å². The second-order valence-corrected chi connectivity index (χ2v) is 8.39. The zero-order valence-electron chi connectivity index (χ0n) is 17.7. The Bertz CT molecular complexity index is 1290. The summed E-state index contributed by atoms with van der Waals surface area (Å²) in [5.74, 6) is 0.0279. The second-order valence-electron chi connectivity index (χ2n) is 7.45. The number of aromatic nitrogens is 3. The van der Waals surface area contributed by atoms with Gasteiger partial charge in [0, 0.05) is 24.0 Å². The summed E-state index contributed by atoms with van der Waals surface area (Å²) in [6.45, 7) is 6.37. The molecule has 0 fully saturated rings. The Hall–Kier alpha value is -3.32. The van der Waals surface area contributed by atoms with Crippen molar-refractivity contribution in [1.29, 1.82) is 0 Å². The molecule has 31 heavy (non-hydrogen) atoms. The summed E-state index contributed by atoms with van der Waals surface area (Å²) in [6.07, 6.45) is 1.82. The molecule has 2 N–H and O–H groups in total. The maximum absolute atomic E-state index is 13.0. The van der Waals surface area contributed by atoms with E-state index in [1.165, 1.54) is 11.8 Å². The van der Waals surface area contributed by atoms with Gasteiger partial charge in [-0.3, -0.25) is 14.2 Å². The number of hydrogen-bond acceptors (Lipinski definition) is 4. The molecule has 1 amide bonds. The number of nitrogens with zero attached hydrogens (tertiary/aromatic N) is 2. The van der Waals surface area contributed by atoms with Gasteiger partial charge in [-0.1, -0.05) is 48.2 Å². The molecule has 2 aromatic heterocycles. The lowest BCUT2D eigenvalue weighted by Crippen LogP contribution is -2.23. The zero-order chi connectivity index (χ0) is 22.0. The Kier molecular flexibility index (Phi) is 5.95. The van der Waals surface area contributed by atoms with Gasteiger partial charge in [-0.2, -0.15) is 0 Å². The third-order valence-corrected chi connectivity index (χ3v) is 5.97. The molecule has 0 bridgehead atoms. The molecule has 4 aromatic rings. The van der Waals surface area contributed by atoms with Crippen molar-refractivity contribution in [2.24, 2.45) is 0 Å². The predicted octanol–water partition coefficient (Wildman–Crippen LogP) is 4.76. The van der Waals surface area contributed by atoms with Crippen LogP contribution >= 0.6 is 11.8 Å². The maximum atomic E-state index is 13.0. The number of thioether (sulfide) groups is 1. The Labute approximate surface area is 184 Å². The lowest BCUT2D eigenvalue weighted by atomic mass is 10.1. The smallest absolute Gasteiger partial charge is 0.278 e. The number of carbonyl (C=O) groups excluding carboxylic acids is 1. The van der Waals surface area contributed by atoms with Crippen LogP contribution in [-0.2, 0) is 11.3 Å². The van der Waals surface area contributed by atoms with Crippen molar-refractivity contribution < 1.29 is 4.79 Å². The Morgan fingerprint density at radius 3 is 2.52 bits per heavy atom. The molecule has 0 aliphatic carbocycles. The number of carbonyl (C=O) groups is 1. The van der Waals surface area contributed by atoms with E-state index in [2.05, 4.69) is 16.4 Å². The highest BCUT2D eigenvalue weighted by atomic mass is 32.2. The third kappa shape index (κ3) is 4.41. The molecule has 0 saturated heterocycles. The third-order valence-electron chi connectivity index (χ3n) is 4.99. The number of benzene rings is 2. The topological polar surface area (TPSA) is 79.8 Å². The highest BCUT2D eigenvalue weighted by molar-refractivity contribution is 7.99. The highest BCUT2D eigenvalue weighted by Crippen LogP contribution is 2.27. The van der Waals surface area contributed by atoms with Gasteiger partial charge in [0.2, 0.25) is 5.91 Å². The minimum Gasteiger partial charge on any atom is -0.355 e. The van der Waals surface area contributed by atoms with E-state index in [-0.39, 0.29) is 17.2 Å². The average molecular weight is 433 g/mol. The molecule has 0 radical (unpaired) electrons. The summed E-state index contributed by atoms with van der Waals surface area (Å²) in [5.41, 5.74) is 5.79. The number of amides is 1. The van der Waals surface area contributed by atoms with Gasteiger partial charge in [0.1, 0.15) is 11.0 Å². The number of aryl methyl sites for hydroxylation is 2. The van der Waals surface area contributed by atoms with Gasteiger partial charge in [0.05, 0.1) is 5.75 Å². The molecule has 4 rings (SSSR count). The number of aromatic amines is 1. The van der Waals surface area contributed by atoms with Crippen LogP contribution in [-0.4, -0.2) is 26.2 Å². The lowest BCUT2D eigenvalue weighted by Gasteiger charge is -2.11. The average Bonchev–Trinajstić information content (AvgIpc) is 3.16. The number of fused-ring (bicyclic) bond motifs is 1. The van der Waals surface area contributed by atoms with Crippen LogP contribution in [0.2, 0.25) is 0 Å². The standard InChI is InChI=1S/C24H24N4O2S/c1-4-28-23(30)22-21(19(13-25-22)17-8-6-5-7-9-17)27-24(28)31-14-20(29)26-18-11-15(2)10-16(3)12-18/h5-13,25H,4,14H2,1-3H3,(H,26,29). The second kappa shape index (κ2) is 8.81. The maximum Gasteiger partial charge on any atom is 0.278 e. The van der Waals surface area contributed by atoms with Gasteiger partial charge < -0.3 is 10.3 Å². The van der Waals surface area contributed by atoms with Crippen LogP contribution in [0.5, 0.6) is 0 Å². The van der Waals surface area contributed by atoms with Crippen LogP contribution in [0.3, 0.4) is 0 Å². The Morgan fingerprint density at radius 1 is 1.13 bits per heavy atom. The van der Waals surface area contributed by atoms with Gasteiger partial charge in [0.25, 0.3) is 5.56 Å². The van der Waals surface area contributed by atoms with E-state index in [0.717, 1.165) is 27.9 Å². The van der Waals surface area contributed by atoms with Crippen molar-refractivity contribution in [2.45, 2.75) is 32.5 Å². The fourth-order valence-corrected chi connectivity index (χ4v) is 4.53. The van der Waals surface area contributed by atoms with E-state index < -0.39 is 0 Å². The van der Waals surface area contributed by atoms with Crippen molar-refractivity contribution in [3.8, 4) is 11.1 Å². The van der Waals surface area contributed by atoms with Crippen LogP contribution in [0.15, 0.2) is 64.7 Å². The molecular weight excluding hydrogens is 408 g/mol. The van der Waals surface area contributed by atoms with Crippen molar-refractivity contribution in [2.75, 3.05) is 11.1 Å². The molecule has 0 aliphatic heterocycles. The molecule has 0 atom stereocenters. The van der Waals surface area contributed by atoms with E-state index >= 15 is 0 Å². The molecule has 7 heteroatoms. The van der Waals surface area contributed by atoms with E-state index in [4.69, 9.17) is 4.98 Å². The number of hydrogen-bond donors (Lipinski definition) is 2. The predicted molar refractivity (Wildman–Crippen MR) is 127 cm³/mol. The summed E-state index contributed by atoms with van der Waals surface area (Å²) in [6, 6.07) is 15.8. The molecule has 158 valence electrons. The van der Waals surface area contributed by atoms with E-state index in [1.807, 2.05) is 69.4 Å². The Morgan fingerprint density at radius 2 is 1.84 bits per heavy atom. The molecular formula is C24H24N4O2S. The van der Waals surface area contributed by atoms with Crippen molar-refractivity contribution in [3.63, 3.8) is 0 Å². The van der Waals surface area contributed by atoms with E-state index in [0.29, 0.717) is 22.7 Å². The van der Waals surface area contributed by atoms with E-state index in [1.54, 1.807) is 4.57 Å². The van der Waals surface area contributed by atoms with Gasteiger partial charge in [-0.05, 0) is 49.6 Å². The van der Waals surface area contributed by atoms with Crippen LogP contribution in [0.25, 0.3) is 22.2 Å². The van der Waals surface area contributed by atoms with Crippen LogP contribution in [0.4, 0.5) is 5.69 Å². The number of rotatable bonds is 6. The fourth-order valence-electron chi connectivity index (χ4n) is 3.67. The summed E-state index contributed by atoms with van der Waals surface area (Å²) >= 11 is 1.27. The zero-order valence-corrected chi connectivity index (χ0v) is 18.5. The largest absolute Gasteiger partial charge is 0.355 e. The van der Waals surface area contributed by atoms with Crippen molar-refractivity contribution in [1.82, 2.24) is 14.5 Å². The van der Waals surface area contributed by atoms with Crippen LogP contribution < -0.4 is 10.9 Å². The minimum atomic E-state index is -0.135. The quantitative estimate of drug-likeness (QED) is 0.340. The van der Waals surface area contributed by atoms with Crippen molar-refractivity contribution in [3.05, 3.63) is 76.2 Å².